The van der Waals surface area contributed by atoms with Gasteiger partial charge < -0.3 is 19.5 Å². The molecule has 0 fully saturated rings. The molecule has 0 bridgehead atoms. The predicted molar refractivity (Wildman–Crippen MR) is 69.6 cm³/mol. The van der Waals surface area contributed by atoms with Crippen molar-refractivity contribution >= 4 is 11.9 Å². The summed E-state index contributed by atoms with van der Waals surface area (Å²) in [5.74, 6) is -0.236. The Balaban J connectivity index is 1.67. The fourth-order valence-corrected chi connectivity index (χ4v) is 1.67. The number of nitrogens with zero attached hydrogens (tertiary/aromatic N) is 4. The molecular weight excluding hydrogens is 278 g/mol. The Morgan fingerprint density at radius 3 is 2.90 bits per heavy atom. The van der Waals surface area contributed by atoms with Crippen molar-refractivity contribution in [2.75, 3.05) is 6.54 Å². The van der Waals surface area contributed by atoms with Gasteiger partial charge in [0.25, 0.3) is 0 Å². The highest BCUT2D eigenvalue weighted by molar-refractivity contribution is 5.84. The van der Waals surface area contributed by atoms with Crippen LogP contribution >= 0.6 is 0 Å². The number of amides is 1. The first-order valence-electron chi connectivity index (χ1n) is 6.35. The molecule has 9 heteroatoms. The summed E-state index contributed by atoms with van der Waals surface area (Å²) >= 11 is 0. The Morgan fingerprint density at radius 1 is 1.48 bits per heavy atom. The number of carboxylic acids is 1. The van der Waals surface area contributed by atoms with E-state index in [2.05, 4.69) is 20.4 Å². The second kappa shape index (κ2) is 6.64. The van der Waals surface area contributed by atoms with Gasteiger partial charge in [0.05, 0.1) is 6.33 Å². The van der Waals surface area contributed by atoms with Crippen molar-refractivity contribution in [1.82, 2.24) is 25.0 Å². The summed E-state index contributed by atoms with van der Waals surface area (Å²) in [6, 6.07) is 0. The summed E-state index contributed by atoms with van der Waals surface area (Å²) in [4.78, 5) is 30.0. The van der Waals surface area contributed by atoms with Crippen LogP contribution in [0.1, 0.15) is 28.6 Å². The van der Waals surface area contributed by atoms with E-state index in [1.807, 2.05) is 0 Å². The SMILES string of the molecule is Cc1noc(CCC(=O)NCCn2cnc(C(=O)O)c2)n1. The lowest BCUT2D eigenvalue weighted by Gasteiger charge is -2.04. The first-order valence-corrected chi connectivity index (χ1v) is 6.35. The van der Waals surface area contributed by atoms with Gasteiger partial charge in [-0.2, -0.15) is 4.98 Å². The van der Waals surface area contributed by atoms with E-state index >= 15 is 0 Å². The minimum atomic E-state index is -1.08. The third-order valence-corrected chi connectivity index (χ3v) is 2.68. The second-order valence-corrected chi connectivity index (χ2v) is 4.39. The fourth-order valence-electron chi connectivity index (χ4n) is 1.67. The van der Waals surface area contributed by atoms with Gasteiger partial charge in [0.2, 0.25) is 11.8 Å². The van der Waals surface area contributed by atoms with E-state index in [4.69, 9.17) is 9.63 Å². The summed E-state index contributed by atoms with van der Waals surface area (Å²) in [6.07, 6.45) is 3.47. The number of imidazole rings is 1. The Kier molecular flexibility index (Phi) is 4.64. The largest absolute Gasteiger partial charge is 0.476 e. The van der Waals surface area contributed by atoms with Crippen molar-refractivity contribution in [3.63, 3.8) is 0 Å². The lowest BCUT2D eigenvalue weighted by Crippen LogP contribution is -2.27. The number of carbonyl (C=O) groups excluding carboxylic acids is 1. The number of aromatic nitrogens is 4. The van der Waals surface area contributed by atoms with Crippen molar-refractivity contribution in [3.8, 4) is 0 Å². The van der Waals surface area contributed by atoms with Gasteiger partial charge in [-0.25, -0.2) is 9.78 Å². The number of nitrogens with one attached hydrogen (secondary N) is 1. The average molecular weight is 293 g/mol. The lowest BCUT2D eigenvalue weighted by atomic mass is 10.3. The molecule has 0 atom stereocenters. The van der Waals surface area contributed by atoms with Gasteiger partial charge in [-0.3, -0.25) is 4.79 Å². The molecule has 1 amide bonds. The second-order valence-electron chi connectivity index (χ2n) is 4.39. The Hall–Kier alpha value is -2.71. The average Bonchev–Trinajstić information content (AvgIpc) is 3.05. The number of hydrogen-bond acceptors (Lipinski definition) is 6. The van der Waals surface area contributed by atoms with Gasteiger partial charge in [0.1, 0.15) is 0 Å². The predicted octanol–water partition coefficient (Wildman–Crippen LogP) is 0.0217. The van der Waals surface area contributed by atoms with E-state index < -0.39 is 5.97 Å². The van der Waals surface area contributed by atoms with Crippen molar-refractivity contribution in [3.05, 3.63) is 29.9 Å². The molecule has 0 saturated heterocycles. The molecule has 0 aliphatic carbocycles. The minimum absolute atomic E-state index is 0.0203. The molecule has 0 radical (unpaired) electrons. The minimum Gasteiger partial charge on any atom is -0.476 e. The molecule has 2 N–H and O–H groups in total. The van der Waals surface area contributed by atoms with E-state index in [1.54, 1.807) is 11.5 Å². The maximum absolute atomic E-state index is 11.6. The molecule has 0 unspecified atom stereocenters. The summed E-state index contributed by atoms with van der Waals surface area (Å²) in [5, 5.41) is 15.1. The zero-order chi connectivity index (χ0) is 15.2. The molecule has 2 rings (SSSR count). The molecule has 0 aromatic carbocycles. The van der Waals surface area contributed by atoms with Crippen LogP contribution in [-0.4, -0.2) is 43.2 Å². The van der Waals surface area contributed by atoms with Crippen LogP contribution in [0.4, 0.5) is 0 Å². The van der Waals surface area contributed by atoms with Crippen LogP contribution in [-0.2, 0) is 17.8 Å². The Labute approximate surface area is 120 Å². The van der Waals surface area contributed by atoms with E-state index in [9.17, 15) is 9.59 Å². The Morgan fingerprint density at radius 2 is 2.29 bits per heavy atom. The quantitative estimate of drug-likeness (QED) is 0.737. The zero-order valence-electron chi connectivity index (χ0n) is 11.4. The Bertz CT molecular complexity index is 633. The molecule has 0 saturated carbocycles. The highest BCUT2D eigenvalue weighted by Crippen LogP contribution is 2.00. The van der Waals surface area contributed by atoms with Crippen LogP contribution in [0, 0.1) is 6.92 Å². The van der Waals surface area contributed by atoms with Crippen molar-refractivity contribution in [2.45, 2.75) is 26.3 Å². The van der Waals surface area contributed by atoms with E-state index in [-0.39, 0.29) is 18.0 Å². The lowest BCUT2D eigenvalue weighted by molar-refractivity contribution is -0.121. The molecule has 0 aliphatic rings. The smallest absolute Gasteiger partial charge is 0.356 e. The summed E-state index contributed by atoms with van der Waals surface area (Å²) in [7, 11) is 0. The van der Waals surface area contributed by atoms with Gasteiger partial charge in [0, 0.05) is 32.1 Å². The van der Waals surface area contributed by atoms with Crippen LogP contribution < -0.4 is 5.32 Å². The highest BCUT2D eigenvalue weighted by Gasteiger charge is 2.08. The molecule has 112 valence electrons. The van der Waals surface area contributed by atoms with Gasteiger partial charge in [-0.15, -0.1) is 0 Å². The van der Waals surface area contributed by atoms with Crippen molar-refractivity contribution < 1.29 is 19.2 Å². The number of carbonyl (C=O) groups is 2. The summed E-state index contributed by atoms with van der Waals surface area (Å²) in [6.45, 7) is 2.55. The molecule has 21 heavy (non-hydrogen) atoms. The molecule has 9 nitrogen and oxygen atoms in total. The van der Waals surface area contributed by atoms with Gasteiger partial charge in [-0.1, -0.05) is 5.16 Å². The maximum atomic E-state index is 11.6. The fraction of sp³-hybridized carbons (Fsp3) is 0.417. The van der Waals surface area contributed by atoms with E-state index in [1.165, 1.54) is 12.5 Å². The maximum Gasteiger partial charge on any atom is 0.356 e. The van der Waals surface area contributed by atoms with Crippen molar-refractivity contribution in [2.24, 2.45) is 0 Å². The van der Waals surface area contributed by atoms with E-state index in [0.29, 0.717) is 31.2 Å². The van der Waals surface area contributed by atoms with Crippen LogP contribution in [0.3, 0.4) is 0 Å². The van der Waals surface area contributed by atoms with Crippen LogP contribution in [0.5, 0.6) is 0 Å². The summed E-state index contributed by atoms with van der Waals surface area (Å²) < 4.78 is 6.51. The molecule has 2 aromatic rings. The monoisotopic (exact) mass is 293 g/mol. The topological polar surface area (TPSA) is 123 Å². The van der Waals surface area contributed by atoms with Gasteiger partial charge in [0.15, 0.2) is 11.5 Å². The third kappa shape index (κ3) is 4.41. The number of hydrogen-bond donors (Lipinski definition) is 2. The first kappa shape index (κ1) is 14.7. The normalized spacial score (nSPS) is 10.5. The number of aromatic carboxylic acids is 1. The molecular formula is C12H15N5O4. The molecule has 2 aromatic heterocycles. The van der Waals surface area contributed by atoms with Crippen LogP contribution in [0.25, 0.3) is 0 Å². The zero-order valence-corrected chi connectivity index (χ0v) is 11.4. The van der Waals surface area contributed by atoms with Crippen LogP contribution in [0.2, 0.25) is 0 Å². The highest BCUT2D eigenvalue weighted by atomic mass is 16.5. The number of carboxylic acid groups (broad SMARTS) is 1. The van der Waals surface area contributed by atoms with Crippen LogP contribution in [0.15, 0.2) is 17.0 Å². The van der Waals surface area contributed by atoms with Gasteiger partial charge >= 0.3 is 5.97 Å². The number of aryl methyl sites for hydroxylation is 2. The molecule has 0 aliphatic heterocycles. The van der Waals surface area contributed by atoms with E-state index in [0.717, 1.165) is 0 Å². The third-order valence-electron chi connectivity index (χ3n) is 2.68. The summed E-state index contributed by atoms with van der Waals surface area (Å²) in [5.41, 5.74) is -0.0203. The van der Waals surface area contributed by atoms with Gasteiger partial charge in [-0.05, 0) is 6.92 Å². The molecule has 0 spiro atoms. The molecule has 2 heterocycles. The standard InChI is InChI=1S/C12H15N5O4/c1-8-15-11(21-16-8)3-2-10(18)13-4-5-17-6-9(12(19)20)14-7-17/h6-7H,2-5H2,1H3,(H,13,18)(H,19,20). The van der Waals surface area contributed by atoms with Crippen molar-refractivity contribution in [1.29, 1.82) is 0 Å². The first-order chi connectivity index (χ1) is 10.0. The number of rotatable bonds is 7.